The van der Waals surface area contributed by atoms with Crippen LogP contribution in [0.25, 0.3) is 0 Å². The molecule has 0 spiro atoms. The predicted molar refractivity (Wildman–Crippen MR) is 114 cm³/mol. The average molecular weight is 349 g/mol. The van der Waals surface area contributed by atoms with Crippen LogP contribution < -0.4 is 4.90 Å². The van der Waals surface area contributed by atoms with Gasteiger partial charge in [-0.15, -0.1) is 0 Å². The quantitative estimate of drug-likeness (QED) is 0.582. The third-order valence-corrected chi connectivity index (χ3v) is 5.79. The highest BCUT2D eigenvalue weighted by Gasteiger charge is 2.35. The van der Waals surface area contributed by atoms with Gasteiger partial charge in [0.1, 0.15) is 0 Å². The van der Waals surface area contributed by atoms with Gasteiger partial charge in [-0.25, -0.2) is 0 Å². The van der Waals surface area contributed by atoms with E-state index in [9.17, 15) is 0 Å². The summed E-state index contributed by atoms with van der Waals surface area (Å²) in [5, 5.41) is 0. The number of rotatable bonds is 4. The van der Waals surface area contributed by atoms with Crippen LogP contribution in [0.2, 0.25) is 0 Å². The van der Waals surface area contributed by atoms with Gasteiger partial charge < -0.3 is 4.90 Å². The van der Waals surface area contributed by atoms with Gasteiger partial charge >= 0.3 is 0 Å². The molecule has 0 aliphatic carbocycles. The molecule has 0 aromatic heterocycles. The zero-order valence-corrected chi connectivity index (χ0v) is 17.1. The molecule has 1 aliphatic heterocycles. The smallest absolute Gasteiger partial charge is 0.0630 e. The van der Waals surface area contributed by atoms with Crippen molar-refractivity contribution < 1.29 is 0 Å². The second kappa shape index (κ2) is 7.26. The second-order valence-corrected chi connectivity index (χ2v) is 8.21. The molecule has 26 heavy (non-hydrogen) atoms. The molecule has 0 radical (unpaired) electrons. The summed E-state index contributed by atoms with van der Waals surface area (Å²) in [4.78, 5) is 7.27. The molecule has 3 rings (SSSR count). The molecule has 0 unspecified atom stereocenters. The SMILES string of the molecule is CCc1ccc(N=Cc2cc3c(cc2C)N(CC)C(C)(C)C[C@H]3C)cc1. The maximum absolute atomic E-state index is 4.72. The minimum Gasteiger partial charge on any atom is -0.366 e. The molecule has 0 saturated heterocycles. The Bertz CT molecular complexity index is 800. The highest BCUT2D eigenvalue weighted by atomic mass is 15.2. The van der Waals surface area contributed by atoms with Gasteiger partial charge in [-0.1, -0.05) is 26.0 Å². The van der Waals surface area contributed by atoms with Crippen molar-refractivity contribution >= 4 is 17.6 Å². The molecule has 0 bridgehead atoms. The third-order valence-electron chi connectivity index (χ3n) is 5.79. The van der Waals surface area contributed by atoms with E-state index in [2.05, 4.69) is 82.8 Å². The first kappa shape index (κ1) is 18.7. The largest absolute Gasteiger partial charge is 0.366 e. The van der Waals surface area contributed by atoms with Crippen LogP contribution in [0.4, 0.5) is 11.4 Å². The lowest BCUT2D eigenvalue weighted by Crippen LogP contribution is -2.48. The van der Waals surface area contributed by atoms with Crippen LogP contribution in [0.5, 0.6) is 0 Å². The lowest BCUT2D eigenvalue weighted by atomic mass is 9.79. The number of fused-ring (bicyclic) bond motifs is 1. The minimum absolute atomic E-state index is 0.213. The molecule has 0 N–H and O–H groups in total. The van der Waals surface area contributed by atoms with Crippen LogP contribution >= 0.6 is 0 Å². The Morgan fingerprint density at radius 3 is 2.46 bits per heavy atom. The summed E-state index contributed by atoms with van der Waals surface area (Å²) in [6, 6.07) is 13.3. The number of aliphatic imine (C=N–C) groups is 1. The summed E-state index contributed by atoms with van der Waals surface area (Å²) in [5.41, 5.74) is 7.96. The summed E-state index contributed by atoms with van der Waals surface area (Å²) in [7, 11) is 0. The normalized spacial score (nSPS) is 19.0. The van der Waals surface area contributed by atoms with E-state index >= 15 is 0 Å². The van der Waals surface area contributed by atoms with Crippen molar-refractivity contribution in [3.63, 3.8) is 0 Å². The Labute approximate surface area is 159 Å². The van der Waals surface area contributed by atoms with Crippen LogP contribution in [0.3, 0.4) is 0 Å². The van der Waals surface area contributed by atoms with Crippen LogP contribution in [-0.4, -0.2) is 18.3 Å². The van der Waals surface area contributed by atoms with Crippen LogP contribution in [0.15, 0.2) is 41.4 Å². The fraction of sp³-hybridized carbons (Fsp3) is 0.458. The first-order valence-corrected chi connectivity index (χ1v) is 9.91. The van der Waals surface area contributed by atoms with Crippen molar-refractivity contribution in [2.75, 3.05) is 11.4 Å². The van der Waals surface area contributed by atoms with Crippen molar-refractivity contribution in [1.29, 1.82) is 0 Å². The van der Waals surface area contributed by atoms with Gasteiger partial charge in [0.2, 0.25) is 0 Å². The maximum Gasteiger partial charge on any atom is 0.0630 e. The van der Waals surface area contributed by atoms with E-state index in [0.29, 0.717) is 5.92 Å². The molecule has 1 atom stereocenters. The molecule has 0 fully saturated rings. The number of hydrogen-bond donors (Lipinski definition) is 0. The summed E-state index contributed by atoms with van der Waals surface area (Å²) in [5.74, 6) is 0.569. The first-order valence-electron chi connectivity index (χ1n) is 9.91. The molecular formula is C24H32N2. The lowest BCUT2D eigenvalue weighted by Gasteiger charge is -2.47. The summed E-state index contributed by atoms with van der Waals surface area (Å²) in [6.07, 6.45) is 4.28. The van der Waals surface area contributed by atoms with Crippen molar-refractivity contribution in [3.05, 3.63) is 58.7 Å². The van der Waals surface area contributed by atoms with E-state index in [1.54, 1.807) is 0 Å². The van der Waals surface area contributed by atoms with Gasteiger partial charge in [0.25, 0.3) is 0 Å². The fourth-order valence-corrected chi connectivity index (χ4v) is 4.35. The molecule has 2 aromatic rings. The van der Waals surface area contributed by atoms with Gasteiger partial charge in [0, 0.05) is 24.0 Å². The van der Waals surface area contributed by atoms with E-state index in [4.69, 9.17) is 4.99 Å². The van der Waals surface area contributed by atoms with Crippen LogP contribution in [-0.2, 0) is 6.42 Å². The Hall–Kier alpha value is -2.09. The van der Waals surface area contributed by atoms with Crippen molar-refractivity contribution in [3.8, 4) is 0 Å². The van der Waals surface area contributed by atoms with E-state index in [0.717, 1.165) is 18.7 Å². The van der Waals surface area contributed by atoms with Crippen molar-refractivity contribution in [2.24, 2.45) is 4.99 Å². The Morgan fingerprint density at radius 2 is 1.85 bits per heavy atom. The predicted octanol–water partition coefficient (Wildman–Crippen LogP) is 6.42. The third kappa shape index (κ3) is 3.56. The van der Waals surface area contributed by atoms with Gasteiger partial charge in [-0.05, 0) is 93.0 Å². The van der Waals surface area contributed by atoms with Gasteiger partial charge in [-0.3, -0.25) is 4.99 Å². The van der Waals surface area contributed by atoms with Crippen LogP contribution in [0.1, 0.15) is 69.2 Å². The van der Waals surface area contributed by atoms with Gasteiger partial charge in [-0.2, -0.15) is 0 Å². The lowest BCUT2D eigenvalue weighted by molar-refractivity contribution is 0.381. The topological polar surface area (TPSA) is 15.6 Å². The van der Waals surface area contributed by atoms with Crippen LogP contribution in [0, 0.1) is 6.92 Å². The molecular weight excluding hydrogens is 316 g/mol. The fourth-order valence-electron chi connectivity index (χ4n) is 4.35. The molecule has 2 nitrogen and oxygen atoms in total. The molecule has 2 aromatic carbocycles. The molecule has 1 aliphatic rings. The molecule has 2 heteroatoms. The highest BCUT2D eigenvalue weighted by Crippen LogP contribution is 2.44. The van der Waals surface area contributed by atoms with E-state index in [1.807, 2.05) is 6.21 Å². The second-order valence-electron chi connectivity index (χ2n) is 8.21. The van der Waals surface area contributed by atoms with Crippen molar-refractivity contribution in [2.45, 2.75) is 65.8 Å². The standard InChI is InChI=1S/C24H32N2/c1-7-19-9-11-21(12-10-19)25-16-20-14-22-18(4)15-24(5,6)26(8-2)23(22)13-17(20)3/h9-14,16,18H,7-8,15H2,1-6H3/t18-/m1/s1. The molecule has 0 saturated carbocycles. The molecule has 0 amide bonds. The Morgan fingerprint density at radius 1 is 1.15 bits per heavy atom. The number of aryl methyl sites for hydroxylation is 2. The molecule has 1 heterocycles. The first-order chi connectivity index (χ1) is 12.4. The Balaban J connectivity index is 1.95. The number of benzene rings is 2. The zero-order valence-electron chi connectivity index (χ0n) is 17.1. The molecule has 138 valence electrons. The highest BCUT2D eigenvalue weighted by molar-refractivity contribution is 5.86. The Kier molecular flexibility index (Phi) is 5.22. The number of nitrogens with zero attached hydrogens (tertiary/aromatic N) is 2. The number of anilines is 1. The van der Waals surface area contributed by atoms with E-state index in [1.165, 1.54) is 34.4 Å². The average Bonchev–Trinajstić information content (AvgIpc) is 2.60. The van der Waals surface area contributed by atoms with Gasteiger partial charge in [0.15, 0.2) is 0 Å². The summed E-state index contributed by atoms with van der Waals surface area (Å²) >= 11 is 0. The van der Waals surface area contributed by atoms with Gasteiger partial charge in [0.05, 0.1) is 5.69 Å². The summed E-state index contributed by atoms with van der Waals surface area (Å²) in [6.45, 7) is 14.8. The minimum atomic E-state index is 0.213. The van der Waals surface area contributed by atoms with Crippen molar-refractivity contribution in [1.82, 2.24) is 0 Å². The van der Waals surface area contributed by atoms with E-state index < -0.39 is 0 Å². The zero-order chi connectivity index (χ0) is 18.9. The number of hydrogen-bond acceptors (Lipinski definition) is 2. The monoisotopic (exact) mass is 348 g/mol. The maximum atomic E-state index is 4.72. The van der Waals surface area contributed by atoms with E-state index in [-0.39, 0.29) is 5.54 Å². The summed E-state index contributed by atoms with van der Waals surface area (Å²) < 4.78 is 0.